The van der Waals surface area contributed by atoms with Crippen molar-refractivity contribution >= 4 is 21.7 Å². The molecule has 0 unspecified atom stereocenters. The lowest BCUT2D eigenvalue weighted by molar-refractivity contribution is -0.139. The summed E-state index contributed by atoms with van der Waals surface area (Å²) in [6.45, 7) is 1.58. The van der Waals surface area contributed by atoms with Crippen LogP contribution in [0.25, 0.3) is 0 Å². The third-order valence-corrected chi connectivity index (χ3v) is 4.34. The van der Waals surface area contributed by atoms with Gasteiger partial charge in [0.25, 0.3) is 0 Å². The van der Waals surface area contributed by atoms with Gasteiger partial charge in [-0.15, -0.1) is 0 Å². The van der Waals surface area contributed by atoms with Crippen molar-refractivity contribution in [3.8, 4) is 5.75 Å². The first-order chi connectivity index (χ1) is 10.1. The largest absolute Gasteiger partial charge is 0.417 e. The Morgan fingerprint density at radius 2 is 1.73 bits per heavy atom. The van der Waals surface area contributed by atoms with Crippen LogP contribution in [0, 0.1) is 6.92 Å². The van der Waals surface area contributed by atoms with Crippen LogP contribution in [0.2, 0.25) is 5.02 Å². The van der Waals surface area contributed by atoms with Gasteiger partial charge < -0.3 is 4.18 Å². The first kappa shape index (κ1) is 16.6. The van der Waals surface area contributed by atoms with E-state index in [9.17, 15) is 21.6 Å². The third kappa shape index (κ3) is 3.53. The first-order valence-corrected chi connectivity index (χ1v) is 7.77. The summed E-state index contributed by atoms with van der Waals surface area (Å²) in [4.78, 5) is -0.979. The minimum atomic E-state index is -4.87. The summed E-state index contributed by atoms with van der Waals surface area (Å²) >= 11 is 5.52. The van der Waals surface area contributed by atoms with Gasteiger partial charge >= 0.3 is 16.3 Å². The van der Waals surface area contributed by atoms with Crippen molar-refractivity contribution in [1.29, 1.82) is 0 Å². The second-order valence-corrected chi connectivity index (χ2v) is 6.39. The van der Waals surface area contributed by atoms with Crippen LogP contribution in [0.4, 0.5) is 13.2 Å². The fourth-order valence-electron chi connectivity index (χ4n) is 1.75. The van der Waals surface area contributed by atoms with Crippen LogP contribution >= 0.6 is 11.6 Å². The monoisotopic (exact) mass is 350 g/mol. The summed E-state index contributed by atoms with van der Waals surface area (Å²) in [5.74, 6) is -0.0365. The minimum absolute atomic E-state index is 0.0365. The molecule has 2 aromatic carbocycles. The minimum Gasteiger partial charge on any atom is -0.379 e. The third-order valence-electron chi connectivity index (χ3n) is 2.81. The molecule has 0 aliphatic carbocycles. The fraction of sp³-hybridized carbons (Fsp3) is 0.143. The first-order valence-electron chi connectivity index (χ1n) is 5.98. The molecule has 0 amide bonds. The van der Waals surface area contributed by atoms with E-state index in [0.717, 1.165) is 12.1 Å². The maximum absolute atomic E-state index is 13.0. The highest BCUT2D eigenvalue weighted by Crippen LogP contribution is 2.37. The summed E-state index contributed by atoms with van der Waals surface area (Å²) in [5, 5.41) is -0.220. The van der Waals surface area contributed by atoms with Crippen molar-refractivity contribution in [2.24, 2.45) is 0 Å². The molecular weight excluding hydrogens is 341 g/mol. The lowest BCUT2D eigenvalue weighted by atomic mass is 10.2. The molecule has 0 saturated carbocycles. The SMILES string of the molecule is Cc1ccccc1OS(=O)(=O)c1ccc(Cl)cc1C(F)(F)F. The van der Waals surface area contributed by atoms with Crippen LogP contribution in [0.5, 0.6) is 5.75 Å². The second kappa shape index (κ2) is 5.81. The molecule has 0 N–H and O–H groups in total. The highest BCUT2D eigenvalue weighted by molar-refractivity contribution is 7.87. The van der Waals surface area contributed by atoms with E-state index < -0.39 is 26.8 Å². The number of hydrogen-bond acceptors (Lipinski definition) is 3. The highest BCUT2D eigenvalue weighted by Gasteiger charge is 2.38. The summed E-state index contributed by atoms with van der Waals surface area (Å²) in [6, 6.07) is 8.50. The zero-order valence-electron chi connectivity index (χ0n) is 11.2. The molecule has 0 aromatic heterocycles. The zero-order valence-corrected chi connectivity index (χ0v) is 12.8. The Morgan fingerprint density at radius 1 is 1.09 bits per heavy atom. The molecule has 8 heteroatoms. The Bertz CT molecular complexity index is 801. The molecule has 0 aliphatic heterocycles. The van der Waals surface area contributed by atoms with E-state index in [1.54, 1.807) is 19.1 Å². The number of benzene rings is 2. The van der Waals surface area contributed by atoms with Gasteiger partial charge in [-0.1, -0.05) is 29.8 Å². The maximum atomic E-state index is 13.0. The molecule has 3 nitrogen and oxygen atoms in total. The van der Waals surface area contributed by atoms with Gasteiger partial charge in [0, 0.05) is 5.02 Å². The van der Waals surface area contributed by atoms with E-state index in [0.29, 0.717) is 11.6 Å². The average Bonchev–Trinajstić information content (AvgIpc) is 2.40. The van der Waals surface area contributed by atoms with E-state index in [-0.39, 0.29) is 10.8 Å². The predicted molar refractivity (Wildman–Crippen MR) is 75.4 cm³/mol. The summed E-state index contributed by atoms with van der Waals surface area (Å²) in [5.41, 5.74) is -0.887. The molecule has 0 heterocycles. The molecule has 2 rings (SSSR count). The molecule has 0 aliphatic rings. The smallest absolute Gasteiger partial charge is 0.379 e. The van der Waals surface area contributed by atoms with Gasteiger partial charge in [0.1, 0.15) is 10.6 Å². The van der Waals surface area contributed by atoms with Crippen LogP contribution in [-0.2, 0) is 16.3 Å². The Labute approximate surface area is 130 Å². The molecule has 0 radical (unpaired) electrons. The van der Waals surface area contributed by atoms with Crippen molar-refractivity contribution in [2.75, 3.05) is 0 Å². The average molecular weight is 351 g/mol. The molecule has 2 aromatic rings. The van der Waals surface area contributed by atoms with Crippen LogP contribution in [0.3, 0.4) is 0 Å². The quantitative estimate of drug-likeness (QED) is 0.769. The van der Waals surface area contributed by atoms with Gasteiger partial charge in [0.2, 0.25) is 0 Å². The number of rotatable bonds is 3. The van der Waals surface area contributed by atoms with Gasteiger partial charge in [-0.05, 0) is 36.8 Å². The van der Waals surface area contributed by atoms with Crippen LogP contribution in [0.1, 0.15) is 11.1 Å². The molecule has 0 atom stereocenters. The Morgan fingerprint density at radius 3 is 2.32 bits per heavy atom. The predicted octanol–water partition coefficient (Wildman–Crippen LogP) is 4.43. The maximum Gasteiger partial charge on any atom is 0.417 e. The number of para-hydroxylation sites is 1. The summed E-state index contributed by atoms with van der Waals surface area (Å²) in [7, 11) is -4.65. The Hall–Kier alpha value is -1.73. The molecule has 0 fully saturated rings. The van der Waals surface area contributed by atoms with Crippen molar-refractivity contribution < 1.29 is 25.8 Å². The van der Waals surface area contributed by atoms with Crippen molar-refractivity contribution in [1.82, 2.24) is 0 Å². The summed E-state index contributed by atoms with van der Waals surface area (Å²) < 4.78 is 68.2. The standard InChI is InChI=1S/C14H10ClF3O3S/c1-9-4-2-3-5-12(9)21-22(19,20)13-7-6-10(15)8-11(13)14(16,17)18/h2-8H,1H3. The van der Waals surface area contributed by atoms with Gasteiger partial charge in [-0.25, -0.2) is 0 Å². The summed E-state index contributed by atoms with van der Waals surface area (Å²) in [6.07, 6.45) is -4.87. The second-order valence-electron chi connectivity index (χ2n) is 4.44. The van der Waals surface area contributed by atoms with Gasteiger partial charge in [0.05, 0.1) is 5.56 Å². The highest BCUT2D eigenvalue weighted by atomic mass is 35.5. The fourth-order valence-corrected chi connectivity index (χ4v) is 3.12. The lowest BCUT2D eigenvalue weighted by Gasteiger charge is -2.14. The van der Waals surface area contributed by atoms with E-state index in [1.807, 2.05) is 0 Å². The van der Waals surface area contributed by atoms with Crippen molar-refractivity contribution in [2.45, 2.75) is 18.0 Å². The molecular formula is C14H10ClF3O3S. The number of alkyl halides is 3. The van der Waals surface area contributed by atoms with Crippen LogP contribution < -0.4 is 4.18 Å². The van der Waals surface area contributed by atoms with Crippen LogP contribution in [-0.4, -0.2) is 8.42 Å². The van der Waals surface area contributed by atoms with Gasteiger partial charge in [0.15, 0.2) is 0 Å². The Balaban J connectivity index is 2.53. The number of aryl methyl sites for hydroxylation is 1. The van der Waals surface area contributed by atoms with Crippen LogP contribution in [0.15, 0.2) is 47.4 Å². The van der Waals surface area contributed by atoms with Gasteiger partial charge in [-0.3, -0.25) is 0 Å². The van der Waals surface area contributed by atoms with E-state index in [4.69, 9.17) is 15.8 Å². The Kier molecular flexibility index (Phi) is 4.39. The number of hydrogen-bond donors (Lipinski definition) is 0. The lowest BCUT2D eigenvalue weighted by Crippen LogP contribution is -2.17. The van der Waals surface area contributed by atoms with Crippen molar-refractivity contribution in [3.05, 3.63) is 58.6 Å². The molecule has 0 spiro atoms. The number of halogens is 4. The molecule has 0 saturated heterocycles. The molecule has 0 bridgehead atoms. The van der Waals surface area contributed by atoms with E-state index in [1.165, 1.54) is 12.1 Å². The molecule has 118 valence electrons. The zero-order chi connectivity index (χ0) is 16.5. The normalized spacial score (nSPS) is 12.2. The molecule has 22 heavy (non-hydrogen) atoms. The van der Waals surface area contributed by atoms with E-state index in [2.05, 4.69) is 0 Å². The van der Waals surface area contributed by atoms with E-state index >= 15 is 0 Å². The van der Waals surface area contributed by atoms with Crippen molar-refractivity contribution in [3.63, 3.8) is 0 Å². The topological polar surface area (TPSA) is 43.4 Å². The van der Waals surface area contributed by atoms with Gasteiger partial charge in [-0.2, -0.15) is 21.6 Å².